The molecular formula is C27H39N3O2. The summed E-state index contributed by atoms with van der Waals surface area (Å²) in [6.07, 6.45) is 5.69. The van der Waals surface area contributed by atoms with Crippen molar-refractivity contribution in [1.82, 2.24) is 14.7 Å². The van der Waals surface area contributed by atoms with E-state index in [-0.39, 0.29) is 5.91 Å². The largest absolute Gasteiger partial charge is 0.456 e. The highest BCUT2D eigenvalue weighted by Gasteiger charge is 2.31. The van der Waals surface area contributed by atoms with Gasteiger partial charge in [0.25, 0.3) is 5.91 Å². The third kappa shape index (κ3) is 5.44. The van der Waals surface area contributed by atoms with Gasteiger partial charge in [0.2, 0.25) is 0 Å². The van der Waals surface area contributed by atoms with E-state index in [0.29, 0.717) is 17.7 Å². The van der Waals surface area contributed by atoms with Gasteiger partial charge in [0.1, 0.15) is 5.76 Å². The SMILES string of the molecule is Cc1cc(C)c(C(=O)N(CCCN(C)C)CC2CCN(C3Cc4ccccc4C3)CC2)o1. The van der Waals surface area contributed by atoms with Gasteiger partial charge in [-0.25, -0.2) is 0 Å². The van der Waals surface area contributed by atoms with Crippen molar-refractivity contribution in [3.63, 3.8) is 0 Å². The average Bonchev–Trinajstić information content (AvgIpc) is 3.35. The Balaban J connectivity index is 1.34. The molecule has 0 spiro atoms. The molecule has 4 rings (SSSR count). The van der Waals surface area contributed by atoms with Gasteiger partial charge >= 0.3 is 0 Å². The lowest BCUT2D eigenvalue weighted by atomic mass is 9.94. The van der Waals surface area contributed by atoms with E-state index in [1.807, 2.05) is 19.9 Å². The number of furan rings is 1. The van der Waals surface area contributed by atoms with Crippen LogP contribution in [0.15, 0.2) is 34.7 Å². The molecule has 1 aliphatic heterocycles. The molecule has 1 fully saturated rings. The highest BCUT2D eigenvalue weighted by Crippen LogP contribution is 2.29. The molecule has 0 N–H and O–H groups in total. The van der Waals surface area contributed by atoms with E-state index in [9.17, 15) is 4.79 Å². The van der Waals surface area contributed by atoms with Crippen LogP contribution in [0.3, 0.4) is 0 Å². The first kappa shape index (κ1) is 23.1. The number of nitrogens with zero attached hydrogens (tertiary/aromatic N) is 3. The van der Waals surface area contributed by atoms with Crippen molar-refractivity contribution < 1.29 is 9.21 Å². The molecule has 0 atom stereocenters. The van der Waals surface area contributed by atoms with Crippen molar-refractivity contribution in [1.29, 1.82) is 0 Å². The van der Waals surface area contributed by atoms with Gasteiger partial charge in [-0.2, -0.15) is 0 Å². The molecule has 1 saturated heterocycles. The molecule has 174 valence electrons. The maximum Gasteiger partial charge on any atom is 0.289 e. The maximum atomic E-state index is 13.3. The van der Waals surface area contributed by atoms with E-state index in [1.165, 1.54) is 36.8 Å². The molecule has 1 aromatic carbocycles. The van der Waals surface area contributed by atoms with Crippen LogP contribution in [0.5, 0.6) is 0 Å². The van der Waals surface area contributed by atoms with Gasteiger partial charge in [0, 0.05) is 24.7 Å². The van der Waals surface area contributed by atoms with Crippen LogP contribution >= 0.6 is 0 Å². The van der Waals surface area contributed by atoms with Crippen LogP contribution in [0.2, 0.25) is 0 Å². The zero-order valence-electron chi connectivity index (χ0n) is 20.3. The molecular weight excluding hydrogens is 398 g/mol. The normalized spacial score (nSPS) is 17.8. The maximum absolute atomic E-state index is 13.3. The fourth-order valence-electron chi connectivity index (χ4n) is 5.46. The fraction of sp³-hybridized carbons (Fsp3) is 0.593. The zero-order chi connectivity index (χ0) is 22.7. The lowest BCUT2D eigenvalue weighted by Crippen LogP contribution is -2.45. The summed E-state index contributed by atoms with van der Waals surface area (Å²) >= 11 is 0. The predicted molar refractivity (Wildman–Crippen MR) is 129 cm³/mol. The summed E-state index contributed by atoms with van der Waals surface area (Å²) in [7, 11) is 4.17. The summed E-state index contributed by atoms with van der Waals surface area (Å²) in [4.78, 5) is 20.3. The molecule has 2 aromatic rings. The molecule has 0 unspecified atom stereocenters. The van der Waals surface area contributed by atoms with Crippen molar-refractivity contribution in [2.24, 2.45) is 5.92 Å². The quantitative estimate of drug-likeness (QED) is 0.621. The molecule has 0 bridgehead atoms. The summed E-state index contributed by atoms with van der Waals surface area (Å²) in [6, 6.07) is 11.5. The Hall–Kier alpha value is -2.11. The third-order valence-electron chi connectivity index (χ3n) is 7.23. The number of carbonyl (C=O) groups is 1. The first-order valence-electron chi connectivity index (χ1n) is 12.2. The van der Waals surface area contributed by atoms with Crippen molar-refractivity contribution in [3.05, 3.63) is 58.5 Å². The number of amides is 1. The summed E-state index contributed by atoms with van der Waals surface area (Å²) < 4.78 is 5.78. The van der Waals surface area contributed by atoms with Crippen molar-refractivity contribution in [2.45, 2.75) is 52.0 Å². The van der Waals surface area contributed by atoms with Gasteiger partial charge in [-0.15, -0.1) is 0 Å². The Kier molecular flexibility index (Phi) is 7.37. The second kappa shape index (κ2) is 10.2. The van der Waals surface area contributed by atoms with E-state index in [2.05, 4.69) is 53.1 Å². The smallest absolute Gasteiger partial charge is 0.289 e. The summed E-state index contributed by atoms with van der Waals surface area (Å²) in [6.45, 7) is 8.78. The number of hydrogen-bond acceptors (Lipinski definition) is 4. The highest BCUT2D eigenvalue weighted by atomic mass is 16.4. The lowest BCUT2D eigenvalue weighted by Gasteiger charge is -2.37. The molecule has 5 heteroatoms. The molecule has 1 aromatic heterocycles. The third-order valence-corrected chi connectivity index (χ3v) is 7.23. The first-order valence-corrected chi connectivity index (χ1v) is 12.2. The highest BCUT2D eigenvalue weighted by molar-refractivity contribution is 5.93. The first-order chi connectivity index (χ1) is 15.4. The predicted octanol–water partition coefficient (Wildman–Crippen LogP) is 4.17. The Morgan fingerprint density at radius 3 is 2.28 bits per heavy atom. The number of piperidine rings is 1. The number of rotatable bonds is 8. The van der Waals surface area contributed by atoms with Gasteiger partial charge in [0.05, 0.1) is 0 Å². The molecule has 5 nitrogen and oxygen atoms in total. The Morgan fingerprint density at radius 2 is 1.72 bits per heavy atom. The average molecular weight is 438 g/mol. The molecule has 1 amide bonds. The number of likely N-dealkylation sites (tertiary alicyclic amines) is 1. The Labute approximate surface area is 193 Å². The van der Waals surface area contributed by atoms with Crippen LogP contribution < -0.4 is 0 Å². The van der Waals surface area contributed by atoms with Gasteiger partial charge < -0.3 is 14.2 Å². The minimum absolute atomic E-state index is 0.0584. The van der Waals surface area contributed by atoms with E-state index < -0.39 is 0 Å². The molecule has 32 heavy (non-hydrogen) atoms. The van der Waals surface area contributed by atoms with Gasteiger partial charge in [-0.1, -0.05) is 24.3 Å². The van der Waals surface area contributed by atoms with Crippen LogP contribution in [0.1, 0.15) is 52.3 Å². The zero-order valence-corrected chi connectivity index (χ0v) is 20.3. The summed E-state index contributed by atoms with van der Waals surface area (Å²) in [5.41, 5.74) is 4.00. The van der Waals surface area contributed by atoms with Crippen LogP contribution in [0.4, 0.5) is 0 Å². The van der Waals surface area contributed by atoms with Crippen LogP contribution in [0.25, 0.3) is 0 Å². The Bertz CT molecular complexity index is 886. The minimum atomic E-state index is 0.0584. The number of hydrogen-bond donors (Lipinski definition) is 0. The van der Waals surface area contributed by atoms with Gasteiger partial charge in [-0.05, 0) is 103 Å². The van der Waals surface area contributed by atoms with Crippen molar-refractivity contribution >= 4 is 5.91 Å². The standard InChI is InChI=1S/C27H39N3O2/c1-20-16-21(2)32-26(20)27(31)30(13-7-12-28(3)4)19-22-10-14-29(15-11-22)25-17-23-8-5-6-9-24(23)18-25/h5-6,8-9,16,22,25H,7,10-15,17-19H2,1-4H3. The monoisotopic (exact) mass is 437 g/mol. The minimum Gasteiger partial charge on any atom is -0.456 e. The van der Waals surface area contributed by atoms with Gasteiger partial charge in [0.15, 0.2) is 5.76 Å². The summed E-state index contributed by atoms with van der Waals surface area (Å²) in [5.74, 6) is 1.95. The number of carbonyl (C=O) groups excluding carboxylic acids is 1. The van der Waals surface area contributed by atoms with E-state index in [1.54, 1.807) is 0 Å². The molecule has 2 aliphatic rings. The van der Waals surface area contributed by atoms with Crippen molar-refractivity contribution in [2.75, 3.05) is 46.8 Å². The van der Waals surface area contributed by atoms with Crippen LogP contribution in [0, 0.1) is 19.8 Å². The number of aryl methyl sites for hydroxylation is 2. The van der Waals surface area contributed by atoms with E-state index in [4.69, 9.17) is 4.42 Å². The van der Waals surface area contributed by atoms with Crippen molar-refractivity contribution in [3.8, 4) is 0 Å². The number of fused-ring (bicyclic) bond motifs is 1. The fourth-order valence-corrected chi connectivity index (χ4v) is 5.46. The number of benzene rings is 1. The van der Waals surface area contributed by atoms with Gasteiger partial charge in [-0.3, -0.25) is 9.69 Å². The Morgan fingerprint density at radius 1 is 1.06 bits per heavy atom. The van der Waals surface area contributed by atoms with E-state index in [0.717, 1.165) is 50.5 Å². The molecule has 2 heterocycles. The molecule has 0 saturated carbocycles. The molecule has 0 radical (unpaired) electrons. The second-order valence-corrected chi connectivity index (χ2v) is 10.1. The molecule has 1 aliphatic carbocycles. The second-order valence-electron chi connectivity index (χ2n) is 10.1. The van der Waals surface area contributed by atoms with E-state index >= 15 is 0 Å². The lowest BCUT2D eigenvalue weighted by molar-refractivity contribution is 0.0629. The van der Waals surface area contributed by atoms with Crippen LogP contribution in [-0.4, -0.2) is 73.5 Å². The topological polar surface area (TPSA) is 39.9 Å². The van der Waals surface area contributed by atoms with Crippen LogP contribution in [-0.2, 0) is 12.8 Å². The summed E-state index contributed by atoms with van der Waals surface area (Å²) in [5, 5.41) is 0.